The van der Waals surface area contributed by atoms with Crippen molar-refractivity contribution in [3.8, 4) is 11.1 Å². The van der Waals surface area contributed by atoms with Crippen LogP contribution in [0.3, 0.4) is 0 Å². The third kappa shape index (κ3) is 5.65. The number of anilines is 3. The predicted octanol–water partition coefficient (Wildman–Crippen LogP) is 5.45. The summed E-state index contributed by atoms with van der Waals surface area (Å²) < 4.78 is 0. The van der Waals surface area contributed by atoms with Crippen LogP contribution < -0.4 is 10.6 Å². The number of nitro groups is 1. The molecule has 162 valence electrons. The number of pyridine rings is 2. The fourth-order valence-corrected chi connectivity index (χ4v) is 3.15. The van der Waals surface area contributed by atoms with Crippen LogP contribution in [-0.2, 0) is 4.79 Å². The van der Waals surface area contributed by atoms with Crippen molar-refractivity contribution in [3.05, 3.63) is 113 Å². The molecule has 0 unspecified atom stereocenters. The Hall–Kier alpha value is -4.85. The number of hydrogen-bond donors (Lipinski definition) is 2. The Morgan fingerprint density at radius 3 is 2.30 bits per heavy atom. The van der Waals surface area contributed by atoms with Gasteiger partial charge in [-0.1, -0.05) is 30.3 Å². The van der Waals surface area contributed by atoms with E-state index in [-0.39, 0.29) is 17.4 Å². The van der Waals surface area contributed by atoms with Gasteiger partial charge in [-0.3, -0.25) is 19.9 Å². The van der Waals surface area contributed by atoms with E-state index in [4.69, 9.17) is 0 Å². The molecule has 8 nitrogen and oxygen atoms in total. The van der Waals surface area contributed by atoms with Gasteiger partial charge in [0.25, 0.3) is 0 Å². The molecule has 0 spiro atoms. The first kappa shape index (κ1) is 21.4. The Kier molecular flexibility index (Phi) is 6.46. The second-order valence-corrected chi connectivity index (χ2v) is 6.99. The van der Waals surface area contributed by atoms with Gasteiger partial charge in [0.05, 0.1) is 10.6 Å². The van der Waals surface area contributed by atoms with Gasteiger partial charge < -0.3 is 10.6 Å². The van der Waals surface area contributed by atoms with Crippen molar-refractivity contribution in [1.29, 1.82) is 0 Å². The highest BCUT2D eigenvalue weighted by Crippen LogP contribution is 2.29. The minimum atomic E-state index is -0.479. The molecule has 0 aliphatic heterocycles. The summed E-state index contributed by atoms with van der Waals surface area (Å²) in [5.74, 6) is -0.101. The molecular weight excluding hydrogens is 418 g/mol. The molecule has 0 aliphatic rings. The maximum absolute atomic E-state index is 12.3. The van der Waals surface area contributed by atoms with Crippen molar-refractivity contribution >= 4 is 34.9 Å². The predicted molar refractivity (Wildman–Crippen MR) is 128 cm³/mol. The molecule has 2 N–H and O–H groups in total. The van der Waals surface area contributed by atoms with Gasteiger partial charge in [0.1, 0.15) is 0 Å². The van der Waals surface area contributed by atoms with Crippen LogP contribution in [0.4, 0.5) is 22.9 Å². The molecule has 0 saturated carbocycles. The summed E-state index contributed by atoms with van der Waals surface area (Å²) in [4.78, 5) is 31.3. The van der Waals surface area contributed by atoms with Crippen molar-refractivity contribution in [1.82, 2.24) is 9.97 Å². The standard InChI is InChI=1S/C25H19N5O3/c31-24(13-12-20-8-1-2-14-26-20)28-21-9-3-6-18(16-21)19-7-4-10-22(17-19)29-25-23(30(32)33)11-5-15-27-25/h1-17H,(H,27,29)(H,28,31)/b13-12+. The number of rotatable bonds is 7. The van der Waals surface area contributed by atoms with Crippen LogP contribution in [0.5, 0.6) is 0 Å². The number of carbonyl (C=O) groups is 1. The number of nitrogens with one attached hydrogen (secondary N) is 2. The number of hydrogen-bond acceptors (Lipinski definition) is 6. The highest BCUT2D eigenvalue weighted by Gasteiger charge is 2.14. The molecule has 0 radical (unpaired) electrons. The van der Waals surface area contributed by atoms with Gasteiger partial charge >= 0.3 is 5.69 Å². The largest absolute Gasteiger partial charge is 0.334 e. The lowest BCUT2D eigenvalue weighted by Gasteiger charge is -2.10. The summed E-state index contributed by atoms with van der Waals surface area (Å²) in [5, 5.41) is 17.1. The lowest BCUT2D eigenvalue weighted by Crippen LogP contribution is -2.07. The maximum atomic E-state index is 12.3. The molecule has 0 aliphatic carbocycles. The molecule has 8 heteroatoms. The fourth-order valence-electron chi connectivity index (χ4n) is 3.15. The molecule has 0 saturated heterocycles. The van der Waals surface area contributed by atoms with Crippen LogP contribution in [0.15, 0.2) is 97.3 Å². The first-order chi connectivity index (χ1) is 16.1. The van der Waals surface area contributed by atoms with Gasteiger partial charge in [0.15, 0.2) is 0 Å². The van der Waals surface area contributed by atoms with Crippen molar-refractivity contribution in [3.63, 3.8) is 0 Å². The summed E-state index contributed by atoms with van der Waals surface area (Å²) in [7, 11) is 0. The summed E-state index contributed by atoms with van der Waals surface area (Å²) in [6.45, 7) is 0. The van der Waals surface area contributed by atoms with E-state index in [0.717, 1.165) is 11.1 Å². The van der Waals surface area contributed by atoms with Crippen molar-refractivity contribution < 1.29 is 9.72 Å². The Balaban J connectivity index is 1.50. The third-order valence-electron chi connectivity index (χ3n) is 4.67. The lowest BCUT2D eigenvalue weighted by atomic mass is 10.0. The molecule has 2 heterocycles. The summed E-state index contributed by atoms with van der Waals surface area (Å²) in [5.41, 5.74) is 3.63. The normalized spacial score (nSPS) is 10.7. The monoisotopic (exact) mass is 437 g/mol. The van der Waals surface area contributed by atoms with Crippen LogP contribution in [0.2, 0.25) is 0 Å². The van der Waals surface area contributed by atoms with Gasteiger partial charge in [-0.05, 0) is 59.7 Å². The van der Waals surface area contributed by atoms with Gasteiger partial charge in [0.2, 0.25) is 11.7 Å². The highest BCUT2D eigenvalue weighted by molar-refractivity contribution is 6.02. The Morgan fingerprint density at radius 1 is 0.848 bits per heavy atom. The fraction of sp³-hybridized carbons (Fsp3) is 0. The van der Waals surface area contributed by atoms with Gasteiger partial charge in [0, 0.05) is 35.9 Å². The molecule has 0 atom stereocenters. The number of carbonyl (C=O) groups excluding carboxylic acids is 1. The van der Waals surface area contributed by atoms with E-state index in [1.807, 2.05) is 54.6 Å². The first-order valence-electron chi connectivity index (χ1n) is 10.1. The molecule has 1 amide bonds. The SMILES string of the molecule is O=C(/C=C/c1ccccn1)Nc1cccc(-c2cccc(Nc3ncccc3[N+](=O)[O-])c2)c1. The Morgan fingerprint density at radius 2 is 1.58 bits per heavy atom. The Bertz CT molecular complexity index is 1320. The summed E-state index contributed by atoms with van der Waals surface area (Å²) >= 11 is 0. The Labute approximate surface area is 189 Å². The molecule has 2 aromatic carbocycles. The second-order valence-electron chi connectivity index (χ2n) is 6.99. The number of nitrogens with zero attached hydrogens (tertiary/aromatic N) is 3. The summed E-state index contributed by atoms with van der Waals surface area (Å²) in [6.07, 6.45) is 6.23. The molecule has 4 rings (SSSR count). The van der Waals surface area contributed by atoms with E-state index in [1.165, 1.54) is 24.4 Å². The lowest BCUT2D eigenvalue weighted by molar-refractivity contribution is -0.384. The first-order valence-corrected chi connectivity index (χ1v) is 10.1. The van der Waals surface area contributed by atoms with Crippen LogP contribution in [0.25, 0.3) is 17.2 Å². The third-order valence-corrected chi connectivity index (χ3v) is 4.67. The number of benzene rings is 2. The van der Waals surface area contributed by atoms with Crippen molar-refractivity contribution in [2.45, 2.75) is 0 Å². The van der Waals surface area contributed by atoms with Crippen LogP contribution in [0.1, 0.15) is 5.69 Å². The van der Waals surface area contributed by atoms with Crippen LogP contribution in [0, 0.1) is 10.1 Å². The van der Waals surface area contributed by atoms with E-state index in [0.29, 0.717) is 17.1 Å². The van der Waals surface area contributed by atoms with E-state index in [2.05, 4.69) is 20.6 Å². The van der Waals surface area contributed by atoms with Crippen molar-refractivity contribution in [2.24, 2.45) is 0 Å². The van der Waals surface area contributed by atoms with E-state index < -0.39 is 4.92 Å². The second kappa shape index (κ2) is 9.97. The van der Waals surface area contributed by atoms with Gasteiger partial charge in [-0.2, -0.15) is 0 Å². The number of aromatic nitrogens is 2. The topological polar surface area (TPSA) is 110 Å². The number of amides is 1. The molecule has 33 heavy (non-hydrogen) atoms. The quantitative estimate of drug-likeness (QED) is 0.226. The molecule has 0 fully saturated rings. The van der Waals surface area contributed by atoms with Crippen LogP contribution >= 0.6 is 0 Å². The van der Waals surface area contributed by atoms with Gasteiger partial charge in [-0.15, -0.1) is 0 Å². The molecule has 2 aromatic heterocycles. The maximum Gasteiger partial charge on any atom is 0.311 e. The smallest absolute Gasteiger partial charge is 0.311 e. The highest BCUT2D eigenvalue weighted by atomic mass is 16.6. The van der Waals surface area contributed by atoms with E-state index in [1.54, 1.807) is 24.4 Å². The van der Waals surface area contributed by atoms with Crippen molar-refractivity contribution in [2.75, 3.05) is 10.6 Å². The summed E-state index contributed by atoms with van der Waals surface area (Å²) in [6, 6.07) is 23.2. The zero-order valence-corrected chi connectivity index (χ0v) is 17.4. The molecular formula is C25H19N5O3. The average Bonchev–Trinajstić information content (AvgIpc) is 2.84. The van der Waals surface area contributed by atoms with E-state index >= 15 is 0 Å². The molecule has 4 aromatic rings. The molecule has 0 bridgehead atoms. The zero-order valence-electron chi connectivity index (χ0n) is 17.4. The minimum Gasteiger partial charge on any atom is -0.334 e. The van der Waals surface area contributed by atoms with Crippen LogP contribution in [-0.4, -0.2) is 20.8 Å². The average molecular weight is 437 g/mol. The zero-order chi connectivity index (χ0) is 23.0. The minimum absolute atomic E-state index is 0.105. The van der Waals surface area contributed by atoms with Gasteiger partial charge in [-0.25, -0.2) is 4.98 Å². The van der Waals surface area contributed by atoms with E-state index in [9.17, 15) is 14.9 Å².